The van der Waals surface area contributed by atoms with E-state index in [1.54, 1.807) is 0 Å². The van der Waals surface area contributed by atoms with Crippen molar-refractivity contribution in [2.45, 2.75) is 44.9 Å². The fourth-order valence-electron chi connectivity index (χ4n) is 1.84. The van der Waals surface area contributed by atoms with Crippen molar-refractivity contribution in [1.82, 2.24) is 0 Å². The largest absolute Gasteiger partial charge is 0.103 e. The van der Waals surface area contributed by atoms with Gasteiger partial charge in [0, 0.05) is 1.43 Å². The van der Waals surface area contributed by atoms with E-state index in [-0.39, 0.29) is 1.43 Å². The maximum atomic E-state index is 3.79. The Morgan fingerprint density at radius 3 is 2.30 bits per heavy atom. The maximum absolute atomic E-state index is 3.79. The molecule has 0 heteroatoms. The Morgan fingerprint density at radius 2 is 1.80 bits per heavy atom. The van der Waals surface area contributed by atoms with Crippen LogP contribution in [-0.2, 0) is 0 Å². The van der Waals surface area contributed by atoms with Crippen molar-refractivity contribution in [3.05, 3.63) is 12.7 Å². The van der Waals surface area contributed by atoms with Gasteiger partial charge in [-0.05, 0) is 12.3 Å². The molecule has 1 aliphatic carbocycles. The molecule has 60 valence electrons. The molecular weight excluding hydrogens is 120 g/mol. The Bertz CT molecular complexity index is 91.0. The lowest BCUT2D eigenvalue weighted by atomic mass is 9.97. The van der Waals surface area contributed by atoms with Crippen LogP contribution in [0.15, 0.2) is 12.7 Å². The molecule has 0 aliphatic heterocycles. The molecule has 0 N–H and O–H groups in total. The van der Waals surface area contributed by atoms with Gasteiger partial charge in [0.2, 0.25) is 0 Å². The van der Waals surface area contributed by atoms with Crippen LogP contribution in [0, 0.1) is 5.92 Å². The van der Waals surface area contributed by atoms with Crippen molar-refractivity contribution in [3.8, 4) is 0 Å². The summed E-state index contributed by atoms with van der Waals surface area (Å²) >= 11 is 0. The first kappa shape index (κ1) is 7.84. The zero-order chi connectivity index (χ0) is 7.23. The maximum Gasteiger partial charge on any atom is 0 e. The molecule has 0 aromatic rings. The number of rotatable bonds is 2. The summed E-state index contributed by atoms with van der Waals surface area (Å²) < 4.78 is 0. The van der Waals surface area contributed by atoms with E-state index in [0.29, 0.717) is 0 Å². The number of hydrogen-bond acceptors (Lipinski definition) is 0. The molecule has 1 aliphatic rings. The summed E-state index contributed by atoms with van der Waals surface area (Å²) in [6.45, 7) is 3.79. The first-order chi connectivity index (χ1) is 4.93. The third kappa shape index (κ3) is 2.55. The van der Waals surface area contributed by atoms with Crippen LogP contribution in [0.3, 0.4) is 0 Å². The van der Waals surface area contributed by atoms with E-state index < -0.39 is 0 Å². The molecule has 0 aromatic heterocycles. The van der Waals surface area contributed by atoms with E-state index in [1.165, 1.54) is 44.9 Å². The summed E-state index contributed by atoms with van der Waals surface area (Å²) in [6.07, 6.45) is 12.1. The molecule has 0 saturated heterocycles. The molecule has 0 unspecified atom stereocenters. The minimum atomic E-state index is 0. The Balaban J connectivity index is 0.000001000. The van der Waals surface area contributed by atoms with E-state index in [0.717, 1.165) is 5.92 Å². The van der Waals surface area contributed by atoms with Crippen LogP contribution in [0.25, 0.3) is 0 Å². The first-order valence-electron chi connectivity index (χ1n) is 4.54. The van der Waals surface area contributed by atoms with Crippen LogP contribution in [0.1, 0.15) is 46.4 Å². The van der Waals surface area contributed by atoms with Gasteiger partial charge >= 0.3 is 0 Å². The standard InChI is InChI=1S/C10H18.H2/c1-2-7-10-8-5-3-4-6-9-10;/h2,10H,1,3-9H2;1H. The van der Waals surface area contributed by atoms with E-state index >= 15 is 0 Å². The molecule has 0 bridgehead atoms. The van der Waals surface area contributed by atoms with Gasteiger partial charge in [-0.25, -0.2) is 0 Å². The topological polar surface area (TPSA) is 0 Å². The van der Waals surface area contributed by atoms with Crippen molar-refractivity contribution in [1.29, 1.82) is 0 Å². The molecule has 0 atom stereocenters. The zero-order valence-corrected chi connectivity index (χ0v) is 6.81. The fourth-order valence-corrected chi connectivity index (χ4v) is 1.84. The van der Waals surface area contributed by atoms with Crippen molar-refractivity contribution < 1.29 is 1.43 Å². The summed E-state index contributed by atoms with van der Waals surface area (Å²) in [4.78, 5) is 0. The van der Waals surface area contributed by atoms with E-state index in [4.69, 9.17) is 0 Å². The average Bonchev–Trinajstić information content (AvgIpc) is 2.17. The van der Waals surface area contributed by atoms with Gasteiger partial charge in [-0.3, -0.25) is 0 Å². The predicted molar refractivity (Wildman–Crippen MR) is 48.1 cm³/mol. The highest BCUT2D eigenvalue weighted by molar-refractivity contribution is 4.74. The SMILES string of the molecule is C=CCC1CCCCCC1.[HH]. The summed E-state index contributed by atoms with van der Waals surface area (Å²) in [6, 6.07) is 0. The quantitative estimate of drug-likeness (QED) is 0.404. The van der Waals surface area contributed by atoms with Crippen molar-refractivity contribution in [3.63, 3.8) is 0 Å². The number of hydrogen-bond donors (Lipinski definition) is 0. The molecule has 0 radical (unpaired) electrons. The monoisotopic (exact) mass is 140 g/mol. The Hall–Kier alpha value is -0.260. The Kier molecular flexibility index (Phi) is 3.56. The lowest BCUT2D eigenvalue weighted by Gasteiger charge is -2.09. The van der Waals surface area contributed by atoms with Gasteiger partial charge in [0.05, 0.1) is 0 Å². The number of allylic oxidation sites excluding steroid dienone is 1. The molecule has 0 spiro atoms. The van der Waals surface area contributed by atoms with Gasteiger partial charge in [0.15, 0.2) is 0 Å². The van der Waals surface area contributed by atoms with E-state index in [1.807, 2.05) is 0 Å². The van der Waals surface area contributed by atoms with Crippen molar-refractivity contribution in [2.24, 2.45) is 5.92 Å². The van der Waals surface area contributed by atoms with Crippen molar-refractivity contribution in [2.75, 3.05) is 0 Å². The van der Waals surface area contributed by atoms with Crippen molar-refractivity contribution >= 4 is 0 Å². The molecule has 1 fully saturated rings. The van der Waals surface area contributed by atoms with Crippen LogP contribution in [0.4, 0.5) is 0 Å². The lowest BCUT2D eigenvalue weighted by Crippen LogP contribution is -1.95. The van der Waals surface area contributed by atoms with Crippen LogP contribution in [0.2, 0.25) is 0 Å². The highest BCUT2D eigenvalue weighted by Crippen LogP contribution is 2.25. The third-order valence-electron chi connectivity index (χ3n) is 2.47. The second-order valence-electron chi connectivity index (χ2n) is 3.38. The molecule has 0 heterocycles. The summed E-state index contributed by atoms with van der Waals surface area (Å²) in [5, 5.41) is 0. The molecule has 0 amide bonds. The Morgan fingerprint density at radius 1 is 1.20 bits per heavy atom. The zero-order valence-electron chi connectivity index (χ0n) is 6.81. The van der Waals surface area contributed by atoms with Gasteiger partial charge in [-0.1, -0.05) is 44.6 Å². The van der Waals surface area contributed by atoms with E-state index in [9.17, 15) is 0 Å². The highest BCUT2D eigenvalue weighted by atomic mass is 14.1. The van der Waals surface area contributed by atoms with Gasteiger partial charge in [-0.2, -0.15) is 0 Å². The van der Waals surface area contributed by atoms with Gasteiger partial charge < -0.3 is 0 Å². The van der Waals surface area contributed by atoms with Gasteiger partial charge in [0.25, 0.3) is 0 Å². The molecule has 0 aromatic carbocycles. The predicted octanol–water partition coefficient (Wildman–Crippen LogP) is 3.78. The van der Waals surface area contributed by atoms with Gasteiger partial charge in [-0.15, -0.1) is 6.58 Å². The summed E-state index contributed by atoms with van der Waals surface area (Å²) in [7, 11) is 0. The highest BCUT2D eigenvalue weighted by Gasteiger charge is 2.09. The fraction of sp³-hybridized carbons (Fsp3) is 0.800. The van der Waals surface area contributed by atoms with Crippen LogP contribution < -0.4 is 0 Å². The van der Waals surface area contributed by atoms with Crippen LogP contribution in [0.5, 0.6) is 0 Å². The van der Waals surface area contributed by atoms with Crippen LogP contribution in [-0.4, -0.2) is 0 Å². The molecule has 1 rings (SSSR count). The second-order valence-corrected chi connectivity index (χ2v) is 3.38. The lowest BCUT2D eigenvalue weighted by molar-refractivity contribution is 0.466. The molecule has 10 heavy (non-hydrogen) atoms. The Labute approximate surface area is 65.8 Å². The minimum Gasteiger partial charge on any atom is -0.103 e. The third-order valence-corrected chi connectivity index (χ3v) is 2.47. The molecular formula is C10H20. The molecule has 1 saturated carbocycles. The van der Waals surface area contributed by atoms with Gasteiger partial charge in [0.1, 0.15) is 0 Å². The minimum absolute atomic E-state index is 0. The average molecular weight is 140 g/mol. The summed E-state index contributed by atoms with van der Waals surface area (Å²) in [5.74, 6) is 0.972. The molecule has 0 nitrogen and oxygen atoms in total. The van der Waals surface area contributed by atoms with E-state index in [2.05, 4.69) is 12.7 Å². The smallest absolute Gasteiger partial charge is 0 e. The normalized spacial score (nSPS) is 22.0. The summed E-state index contributed by atoms with van der Waals surface area (Å²) in [5.41, 5.74) is 0. The van der Waals surface area contributed by atoms with Crippen LogP contribution >= 0.6 is 0 Å². The second kappa shape index (κ2) is 4.54. The first-order valence-corrected chi connectivity index (χ1v) is 4.54.